The second kappa shape index (κ2) is 43.1. The lowest BCUT2D eigenvalue weighted by Gasteiger charge is -2.20. The fraction of sp³-hybridized carbons (Fsp3) is 0.872. The maximum Gasteiger partial charge on any atom is 0.305 e. The van der Waals surface area contributed by atoms with E-state index in [9.17, 15) is 19.8 Å². The third-order valence-electron chi connectivity index (χ3n) is 10.5. The number of amides is 1. The molecule has 53 heavy (non-hydrogen) atoms. The average molecular weight is 748 g/mol. The predicted octanol–water partition coefficient (Wildman–Crippen LogP) is 13.2. The van der Waals surface area contributed by atoms with Gasteiger partial charge in [0, 0.05) is 12.8 Å². The second-order valence-corrected chi connectivity index (χ2v) is 15.7. The van der Waals surface area contributed by atoms with Crippen LogP contribution in [-0.2, 0) is 14.3 Å². The molecule has 0 radical (unpaired) electrons. The van der Waals surface area contributed by atoms with E-state index >= 15 is 0 Å². The first-order valence-corrected chi connectivity index (χ1v) is 23.1. The van der Waals surface area contributed by atoms with Gasteiger partial charge in [-0.25, -0.2) is 0 Å². The van der Waals surface area contributed by atoms with E-state index in [-0.39, 0.29) is 18.5 Å². The van der Waals surface area contributed by atoms with Crippen LogP contribution in [0.3, 0.4) is 0 Å². The summed E-state index contributed by atoms with van der Waals surface area (Å²) in [6.07, 6.45) is 48.7. The maximum absolute atomic E-state index is 12.4. The number of esters is 1. The Hall–Kier alpha value is -1.66. The van der Waals surface area contributed by atoms with Gasteiger partial charge in [0.15, 0.2) is 0 Å². The molecule has 0 rings (SSSR count). The number of allylic oxidation sites excluding steroid dienone is 3. The number of aliphatic hydroxyl groups is 2. The van der Waals surface area contributed by atoms with Crippen molar-refractivity contribution in [2.45, 2.75) is 251 Å². The second-order valence-electron chi connectivity index (χ2n) is 15.7. The van der Waals surface area contributed by atoms with Crippen LogP contribution >= 0.6 is 0 Å². The van der Waals surface area contributed by atoms with E-state index in [0.717, 1.165) is 57.8 Å². The molecule has 6 heteroatoms. The molecule has 312 valence electrons. The van der Waals surface area contributed by atoms with Gasteiger partial charge in [-0.2, -0.15) is 0 Å². The molecule has 3 N–H and O–H groups in total. The molecular formula is C47H89NO5. The van der Waals surface area contributed by atoms with E-state index in [4.69, 9.17) is 4.74 Å². The third-order valence-corrected chi connectivity index (χ3v) is 10.5. The van der Waals surface area contributed by atoms with Gasteiger partial charge < -0.3 is 20.3 Å². The predicted molar refractivity (Wildman–Crippen MR) is 227 cm³/mol. The number of nitrogens with one attached hydrogen (secondary N) is 1. The molecule has 0 aliphatic carbocycles. The van der Waals surface area contributed by atoms with E-state index in [1.54, 1.807) is 6.08 Å². The molecule has 2 unspecified atom stereocenters. The van der Waals surface area contributed by atoms with Gasteiger partial charge in [-0.1, -0.05) is 199 Å². The first-order chi connectivity index (χ1) is 26.0. The van der Waals surface area contributed by atoms with Gasteiger partial charge in [0.2, 0.25) is 5.91 Å². The standard InChI is InChI=1S/C47H89NO5/c1-3-5-7-9-11-13-15-16-17-20-23-27-31-35-39-45(50)44(43-49)48-46(51)40-36-32-28-24-21-18-22-26-30-34-38-42-53-47(52)41-37-33-29-25-19-14-12-10-8-6-4-2/h10,12,35,39,44-45,49-50H,3-9,11,13-34,36-38,40-43H2,1-2H3,(H,48,51)/b12-10-,39-35+. The van der Waals surface area contributed by atoms with Crippen LogP contribution in [0, 0.1) is 0 Å². The summed E-state index contributed by atoms with van der Waals surface area (Å²) in [7, 11) is 0. The van der Waals surface area contributed by atoms with Gasteiger partial charge >= 0.3 is 5.97 Å². The zero-order valence-corrected chi connectivity index (χ0v) is 35.2. The third kappa shape index (κ3) is 39.8. The Morgan fingerprint density at radius 1 is 0.509 bits per heavy atom. The smallest absolute Gasteiger partial charge is 0.305 e. The van der Waals surface area contributed by atoms with Gasteiger partial charge in [-0.05, 0) is 51.4 Å². The minimum atomic E-state index is -0.855. The number of carbonyl (C=O) groups excluding carboxylic acids is 2. The summed E-state index contributed by atoms with van der Waals surface area (Å²) in [5, 5.41) is 23.0. The molecule has 0 aromatic rings. The summed E-state index contributed by atoms with van der Waals surface area (Å²) in [4.78, 5) is 24.3. The monoisotopic (exact) mass is 748 g/mol. The highest BCUT2D eigenvalue weighted by Gasteiger charge is 2.18. The highest BCUT2D eigenvalue weighted by Crippen LogP contribution is 2.15. The van der Waals surface area contributed by atoms with E-state index < -0.39 is 12.1 Å². The van der Waals surface area contributed by atoms with E-state index in [2.05, 4.69) is 31.3 Å². The molecule has 0 bridgehead atoms. The van der Waals surface area contributed by atoms with Crippen molar-refractivity contribution >= 4 is 11.9 Å². The van der Waals surface area contributed by atoms with Crippen molar-refractivity contribution < 1.29 is 24.5 Å². The van der Waals surface area contributed by atoms with Crippen LogP contribution in [0.2, 0.25) is 0 Å². The molecule has 0 spiro atoms. The molecule has 2 atom stereocenters. The zero-order chi connectivity index (χ0) is 38.7. The Kier molecular flexibility index (Phi) is 41.7. The first kappa shape index (κ1) is 51.3. The molecule has 0 aliphatic rings. The Labute approximate surface area is 329 Å². The van der Waals surface area contributed by atoms with Crippen LogP contribution in [0.25, 0.3) is 0 Å². The summed E-state index contributed by atoms with van der Waals surface area (Å²) >= 11 is 0. The van der Waals surface area contributed by atoms with Crippen molar-refractivity contribution in [2.24, 2.45) is 0 Å². The van der Waals surface area contributed by atoms with Gasteiger partial charge in [0.1, 0.15) is 0 Å². The Balaban J connectivity index is 3.53. The maximum atomic E-state index is 12.4. The van der Waals surface area contributed by atoms with Gasteiger partial charge in [0.25, 0.3) is 0 Å². The molecule has 0 aromatic carbocycles. The number of ether oxygens (including phenoxy) is 1. The number of unbranched alkanes of at least 4 members (excludes halogenated alkanes) is 29. The van der Waals surface area contributed by atoms with Gasteiger partial charge in [-0.3, -0.25) is 9.59 Å². The van der Waals surface area contributed by atoms with Crippen LogP contribution in [0.5, 0.6) is 0 Å². The lowest BCUT2D eigenvalue weighted by Crippen LogP contribution is -2.45. The van der Waals surface area contributed by atoms with Crippen LogP contribution in [0.15, 0.2) is 24.3 Å². The van der Waals surface area contributed by atoms with Crippen LogP contribution < -0.4 is 5.32 Å². The summed E-state index contributed by atoms with van der Waals surface area (Å²) < 4.78 is 5.42. The van der Waals surface area contributed by atoms with Crippen molar-refractivity contribution in [1.82, 2.24) is 5.32 Å². The Bertz CT molecular complexity index is 828. The van der Waals surface area contributed by atoms with E-state index in [0.29, 0.717) is 19.4 Å². The fourth-order valence-corrected chi connectivity index (χ4v) is 6.85. The largest absolute Gasteiger partial charge is 0.466 e. The fourth-order valence-electron chi connectivity index (χ4n) is 6.85. The zero-order valence-electron chi connectivity index (χ0n) is 35.2. The summed E-state index contributed by atoms with van der Waals surface area (Å²) in [6.45, 7) is 4.81. The highest BCUT2D eigenvalue weighted by molar-refractivity contribution is 5.76. The number of hydrogen-bond donors (Lipinski definition) is 3. The lowest BCUT2D eigenvalue weighted by atomic mass is 10.0. The summed E-state index contributed by atoms with van der Waals surface area (Å²) in [5.41, 5.74) is 0. The molecule has 0 saturated heterocycles. The quantitative estimate of drug-likeness (QED) is 0.0328. The number of carbonyl (C=O) groups is 2. The molecule has 0 aromatic heterocycles. The minimum Gasteiger partial charge on any atom is -0.466 e. The molecular weight excluding hydrogens is 659 g/mol. The van der Waals surface area contributed by atoms with E-state index in [1.807, 2.05) is 6.08 Å². The van der Waals surface area contributed by atoms with Gasteiger partial charge in [0.05, 0.1) is 25.4 Å². The average Bonchev–Trinajstić information content (AvgIpc) is 3.16. The topological polar surface area (TPSA) is 95.9 Å². The molecule has 0 fully saturated rings. The minimum absolute atomic E-state index is 0.0272. The van der Waals surface area contributed by atoms with E-state index in [1.165, 1.54) is 154 Å². The number of aliphatic hydroxyl groups excluding tert-OH is 2. The van der Waals surface area contributed by atoms with Crippen LogP contribution in [-0.4, -0.2) is 47.4 Å². The summed E-state index contributed by atoms with van der Waals surface area (Å²) in [6, 6.07) is -0.640. The number of hydrogen-bond acceptors (Lipinski definition) is 5. The highest BCUT2D eigenvalue weighted by atomic mass is 16.5. The van der Waals surface area contributed by atoms with Crippen molar-refractivity contribution in [1.29, 1.82) is 0 Å². The Morgan fingerprint density at radius 2 is 0.906 bits per heavy atom. The molecule has 1 amide bonds. The van der Waals surface area contributed by atoms with Crippen molar-refractivity contribution in [2.75, 3.05) is 13.2 Å². The van der Waals surface area contributed by atoms with Crippen LogP contribution in [0.4, 0.5) is 0 Å². The molecule has 0 saturated carbocycles. The molecule has 6 nitrogen and oxygen atoms in total. The normalized spacial score (nSPS) is 12.9. The molecule has 0 aliphatic heterocycles. The van der Waals surface area contributed by atoms with Crippen molar-refractivity contribution in [3.8, 4) is 0 Å². The van der Waals surface area contributed by atoms with Crippen molar-refractivity contribution in [3.05, 3.63) is 24.3 Å². The first-order valence-electron chi connectivity index (χ1n) is 23.1. The van der Waals surface area contributed by atoms with Crippen molar-refractivity contribution in [3.63, 3.8) is 0 Å². The van der Waals surface area contributed by atoms with Crippen LogP contribution in [0.1, 0.15) is 239 Å². The number of rotatable bonds is 42. The molecule has 0 heterocycles. The Morgan fingerprint density at radius 3 is 1.40 bits per heavy atom. The van der Waals surface area contributed by atoms with Gasteiger partial charge in [-0.15, -0.1) is 0 Å². The SMILES string of the molecule is CCCC/C=C\CCCCCCCC(=O)OCCCCCCCCCCCCCC(=O)NC(CO)C(O)/C=C/CCCCCCCCCCCCCC. The lowest BCUT2D eigenvalue weighted by molar-refractivity contribution is -0.143. The summed E-state index contributed by atoms with van der Waals surface area (Å²) in [5.74, 6) is -0.115.